The van der Waals surface area contributed by atoms with Gasteiger partial charge in [-0.1, -0.05) is 0 Å². The summed E-state index contributed by atoms with van der Waals surface area (Å²) in [6, 6.07) is 6.13. The predicted molar refractivity (Wildman–Crippen MR) is 103 cm³/mol. The molecular formula is C19H22N6O2. The lowest BCUT2D eigenvalue weighted by Gasteiger charge is -2.27. The number of nitrogens with zero attached hydrogens (tertiary/aromatic N) is 3. The van der Waals surface area contributed by atoms with Gasteiger partial charge in [0.05, 0.1) is 5.56 Å². The van der Waals surface area contributed by atoms with Crippen molar-refractivity contribution in [2.24, 2.45) is 5.73 Å². The summed E-state index contributed by atoms with van der Waals surface area (Å²) >= 11 is 0. The fourth-order valence-electron chi connectivity index (χ4n) is 3.34. The Bertz CT molecular complexity index is 909. The molecule has 0 bridgehead atoms. The van der Waals surface area contributed by atoms with Gasteiger partial charge in [0.1, 0.15) is 5.82 Å². The van der Waals surface area contributed by atoms with Crippen LogP contribution in [0.25, 0.3) is 0 Å². The summed E-state index contributed by atoms with van der Waals surface area (Å²) in [6.45, 7) is 0. The standard InChI is InChI=1S/C19H22N6O2/c1-25-15-7-6-13(9-11(15)5-8-16(25)26)23-19-21-10-14(17(20)27)18(24-19)22-12-3-2-4-12/h6-7,9-10,12H,2-5,8H2,1H3,(H2,20,27)(H2,21,22,23,24). The van der Waals surface area contributed by atoms with Crippen LogP contribution >= 0.6 is 0 Å². The fraction of sp³-hybridized carbons (Fsp3) is 0.368. The van der Waals surface area contributed by atoms with Crippen molar-refractivity contribution >= 4 is 35.0 Å². The Balaban J connectivity index is 1.58. The smallest absolute Gasteiger partial charge is 0.254 e. The molecule has 1 aliphatic heterocycles. The van der Waals surface area contributed by atoms with Gasteiger partial charge in [0, 0.05) is 37.1 Å². The molecule has 4 N–H and O–H groups in total. The minimum atomic E-state index is -0.551. The number of carbonyl (C=O) groups is 2. The molecule has 2 amide bonds. The molecule has 1 aromatic carbocycles. The van der Waals surface area contributed by atoms with E-state index >= 15 is 0 Å². The Labute approximate surface area is 157 Å². The maximum atomic E-state index is 11.8. The molecule has 140 valence electrons. The number of amides is 2. The van der Waals surface area contributed by atoms with Gasteiger partial charge in [-0.05, 0) is 49.4 Å². The van der Waals surface area contributed by atoms with Crippen molar-refractivity contribution < 1.29 is 9.59 Å². The summed E-state index contributed by atoms with van der Waals surface area (Å²) in [5.41, 5.74) is 8.59. The number of hydrogen-bond acceptors (Lipinski definition) is 6. The third-order valence-corrected chi connectivity index (χ3v) is 5.18. The van der Waals surface area contributed by atoms with Crippen molar-refractivity contribution in [3.05, 3.63) is 35.5 Å². The van der Waals surface area contributed by atoms with Crippen molar-refractivity contribution in [1.82, 2.24) is 9.97 Å². The van der Waals surface area contributed by atoms with E-state index in [0.29, 0.717) is 30.6 Å². The van der Waals surface area contributed by atoms with Gasteiger partial charge in [0.15, 0.2) is 0 Å². The number of nitrogens with two attached hydrogens (primary N) is 1. The number of fused-ring (bicyclic) bond motifs is 1. The van der Waals surface area contributed by atoms with E-state index < -0.39 is 5.91 Å². The minimum absolute atomic E-state index is 0.125. The van der Waals surface area contributed by atoms with Gasteiger partial charge in [-0.15, -0.1) is 0 Å². The zero-order valence-corrected chi connectivity index (χ0v) is 15.2. The molecular weight excluding hydrogens is 344 g/mol. The Morgan fingerprint density at radius 3 is 2.81 bits per heavy atom. The molecule has 2 heterocycles. The maximum Gasteiger partial charge on any atom is 0.254 e. The average molecular weight is 366 g/mol. The number of nitrogens with one attached hydrogen (secondary N) is 2. The zero-order chi connectivity index (χ0) is 19.0. The summed E-state index contributed by atoms with van der Waals surface area (Å²) in [4.78, 5) is 33.8. The highest BCUT2D eigenvalue weighted by molar-refractivity contribution is 5.97. The first-order chi connectivity index (χ1) is 13.0. The highest BCUT2D eigenvalue weighted by atomic mass is 16.2. The third kappa shape index (κ3) is 3.42. The van der Waals surface area contributed by atoms with Crippen LogP contribution in [-0.4, -0.2) is 34.9 Å². The van der Waals surface area contributed by atoms with Crippen LogP contribution < -0.4 is 21.3 Å². The molecule has 2 aliphatic rings. The van der Waals surface area contributed by atoms with Crippen molar-refractivity contribution in [2.75, 3.05) is 22.6 Å². The molecule has 0 saturated heterocycles. The Morgan fingerprint density at radius 2 is 2.11 bits per heavy atom. The molecule has 27 heavy (non-hydrogen) atoms. The maximum absolute atomic E-state index is 11.8. The summed E-state index contributed by atoms with van der Waals surface area (Å²) in [6.07, 6.45) is 5.95. The van der Waals surface area contributed by atoms with Crippen LogP contribution in [0, 0.1) is 0 Å². The van der Waals surface area contributed by atoms with Crippen molar-refractivity contribution in [3.8, 4) is 0 Å². The SMILES string of the molecule is CN1C(=O)CCc2cc(Nc3ncc(C(N)=O)c(NC4CCC4)n3)ccc21. The van der Waals surface area contributed by atoms with Crippen LogP contribution in [0.5, 0.6) is 0 Å². The lowest BCUT2D eigenvalue weighted by molar-refractivity contribution is -0.118. The molecule has 2 aromatic rings. The normalized spacial score (nSPS) is 16.5. The van der Waals surface area contributed by atoms with Crippen LogP contribution in [0.4, 0.5) is 23.1 Å². The minimum Gasteiger partial charge on any atom is -0.367 e. The summed E-state index contributed by atoms with van der Waals surface area (Å²) in [5.74, 6) is 0.431. The van der Waals surface area contributed by atoms with E-state index in [2.05, 4.69) is 20.6 Å². The quantitative estimate of drug-likeness (QED) is 0.747. The molecule has 1 saturated carbocycles. The molecule has 4 rings (SSSR count). The number of carbonyl (C=O) groups excluding carboxylic acids is 2. The van der Waals surface area contributed by atoms with E-state index in [-0.39, 0.29) is 11.5 Å². The lowest BCUT2D eigenvalue weighted by Crippen LogP contribution is -2.31. The molecule has 1 aliphatic carbocycles. The number of anilines is 4. The molecule has 0 unspecified atom stereocenters. The molecule has 0 spiro atoms. The van der Waals surface area contributed by atoms with Crippen molar-refractivity contribution in [3.63, 3.8) is 0 Å². The molecule has 8 heteroatoms. The van der Waals surface area contributed by atoms with E-state index in [4.69, 9.17) is 5.73 Å². The van der Waals surface area contributed by atoms with E-state index in [1.54, 1.807) is 11.9 Å². The number of aryl methyl sites for hydroxylation is 1. The molecule has 8 nitrogen and oxygen atoms in total. The third-order valence-electron chi connectivity index (χ3n) is 5.18. The van der Waals surface area contributed by atoms with E-state index in [9.17, 15) is 9.59 Å². The average Bonchev–Trinajstić information content (AvgIpc) is 2.61. The van der Waals surface area contributed by atoms with Gasteiger partial charge < -0.3 is 21.3 Å². The highest BCUT2D eigenvalue weighted by Crippen LogP contribution is 2.30. The van der Waals surface area contributed by atoms with Crippen LogP contribution in [0.2, 0.25) is 0 Å². The number of aromatic nitrogens is 2. The van der Waals surface area contributed by atoms with Gasteiger partial charge in [-0.3, -0.25) is 9.59 Å². The number of hydrogen-bond donors (Lipinski definition) is 3. The second-order valence-electron chi connectivity index (χ2n) is 7.01. The van der Waals surface area contributed by atoms with E-state index in [0.717, 1.165) is 29.8 Å². The zero-order valence-electron chi connectivity index (χ0n) is 15.2. The lowest BCUT2D eigenvalue weighted by atomic mass is 9.93. The van der Waals surface area contributed by atoms with Crippen LogP contribution in [0.15, 0.2) is 24.4 Å². The topological polar surface area (TPSA) is 113 Å². The predicted octanol–water partition coefficient (Wildman–Crippen LogP) is 2.19. The molecule has 0 radical (unpaired) electrons. The molecule has 1 fully saturated rings. The fourth-order valence-corrected chi connectivity index (χ4v) is 3.34. The van der Waals surface area contributed by atoms with Crippen molar-refractivity contribution in [1.29, 1.82) is 0 Å². The highest BCUT2D eigenvalue weighted by Gasteiger charge is 2.22. The van der Waals surface area contributed by atoms with Gasteiger partial charge in [-0.25, -0.2) is 4.98 Å². The Kier molecular flexibility index (Phi) is 4.39. The summed E-state index contributed by atoms with van der Waals surface area (Å²) in [5, 5.41) is 6.46. The van der Waals surface area contributed by atoms with Gasteiger partial charge in [0.2, 0.25) is 11.9 Å². The van der Waals surface area contributed by atoms with E-state index in [1.165, 1.54) is 12.6 Å². The molecule has 1 aromatic heterocycles. The summed E-state index contributed by atoms with van der Waals surface area (Å²) < 4.78 is 0. The number of benzene rings is 1. The van der Waals surface area contributed by atoms with Gasteiger partial charge in [0.25, 0.3) is 5.91 Å². The first-order valence-corrected chi connectivity index (χ1v) is 9.11. The van der Waals surface area contributed by atoms with Gasteiger partial charge in [-0.2, -0.15) is 4.98 Å². The van der Waals surface area contributed by atoms with Crippen LogP contribution in [-0.2, 0) is 11.2 Å². The summed E-state index contributed by atoms with van der Waals surface area (Å²) in [7, 11) is 1.79. The Hall–Kier alpha value is -3.16. The van der Waals surface area contributed by atoms with E-state index in [1.807, 2.05) is 18.2 Å². The Morgan fingerprint density at radius 1 is 1.30 bits per heavy atom. The van der Waals surface area contributed by atoms with Gasteiger partial charge >= 0.3 is 0 Å². The first kappa shape index (κ1) is 17.3. The second-order valence-corrected chi connectivity index (χ2v) is 7.01. The number of primary amides is 1. The number of rotatable bonds is 5. The first-order valence-electron chi connectivity index (χ1n) is 9.11. The van der Waals surface area contributed by atoms with Crippen LogP contribution in [0.1, 0.15) is 41.6 Å². The monoisotopic (exact) mass is 366 g/mol. The molecule has 0 atom stereocenters. The second kappa shape index (κ2) is 6.86. The largest absolute Gasteiger partial charge is 0.367 e. The van der Waals surface area contributed by atoms with Crippen molar-refractivity contribution in [2.45, 2.75) is 38.1 Å². The van der Waals surface area contributed by atoms with Crippen LogP contribution in [0.3, 0.4) is 0 Å².